The van der Waals surface area contributed by atoms with Crippen LogP contribution in [-0.4, -0.2) is 41.5 Å². The number of cyclic esters (lactones) is 1. The molecule has 2 aliphatic heterocycles. The van der Waals surface area contributed by atoms with Gasteiger partial charge in [0.25, 0.3) is 5.69 Å². The highest BCUT2D eigenvalue weighted by Gasteiger charge is 2.44. The van der Waals surface area contributed by atoms with Gasteiger partial charge in [-0.1, -0.05) is 86.1 Å². The van der Waals surface area contributed by atoms with E-state index in [1.807, 2.05) is 58.9 Å². The summed E-state index contributed by atoms with van der Waals surface area (Å²) >= 11 is 0. The van der Waals surface area contributed by atoms with Crippen molar-refractivity contribution in [2.75, 3.05) is 0 Å². The molecule has 3 rings (SSSR count). The lowest BCUT2D eigenvalue weighted by Gasteiger charge is -2.33. The highest BCUT2D eigenvalue weighted by Crippen LogP contribution is 2.38. The molecule has 260 valence electrons. The zero-order chi connectivity index (χ0) is 34.9. The molecule has 0 amide bonds. The molecular weight excluding hydrogens is 598 g/mol. The van der Waals surface area contributed by atoms with Gasteiger partial charge in [-0.25, -0.2) is 4.79 Å². The summed E-state index contributed by atoms with van der Waals surface area (Å²) in [5.41, 5.74) is 0.358. The molecule has 9 atom stereocenters. The van der Waals surface area contributed by atoms with Crippen molar-refractivity contribution in [3.63, 3.8) is 0 Å². The summed E-state index contributed by atoms with van der Waals surface area (Å²) in [6.45, 7) is 19.0. The molecule has 0 saturated carbocycles. The first kappa shape index (κ1) is 38.0. The van der Waals surface area contributed by atoms with Crippen molar-refractivity contribution >= 4 is 17.8 Å². The third kappa shape index (κ3) is 11.6. The van der Waals surface area contributed by atoms with E-state index in [0.29, 0.717) is 42.8 Å². The standard InChI is InChI=1S/C38H55NO8/c1-10-26(4)29(7)36-32(45-36)22-24(2)12-11-13-27(5)35-28(6)14-19-33(38(8,9)21-20-25(3)23-34(40)47-35)46-37(41)44-31-17-15-30(16-18-31)39(42)43/h11-19,24-26,28-29,32-33,35-36H,10,20-23H2,1-9H3/b12-11+,19-14+,27-13+. The fourth-order valence-electron chi connectivity index (χ4n) is 6.09. The smallest absolute Gasteiger partial charge is 0.457 e. The van der Waals surface area contributed by atoms with Gasteiger partial charge in [0.2, 0.25) is 0 Å². The van der Waals surface area contributed by atoms with Crippen LogP contribution in [-0.2, 0) is 19.0 Å². The third-order valence-electron chi connectivity index (χ3n) is 9.90. The first-order valence-corrected chi connectivity index (χ1v) is 17.1. The minimum Gasteiger partial charge on any atom is -0.457 e. The normalized spacial score (nSPS) is 29.4. The van der Waals surface area contributed by atoms with E-state index in [0.717, 1.165) is 24.8 Å². The van der Waals surface area contributed by atoms with Crippen LogP contribution in [0.3, 0.4) is 0 Å². The average Bonchev–Trinajstić information content (AvgIpc) is 3.78. The Hall–Kier alpha value is -3.46. The second-order valence-electron chi connectivity index (χ2n) is 14.5. The van der Waals surface area contributed by atoms with Crippen molar-refractivity contribution < 1.29 is 33.5 Å². The second-order valence-corrected chi connectivity index (χ2v) is 14.5. The summed E-state index contributed by atoms with van der Waals surface area (Å²) in [5.74, 6) is 1.37. The van der Waals surface area contributed by atoms with Crippen molar-refractivity contribution in [1.82, 2.24) is 0 Å². The summed E-state index contributed by atoms with van der Waals surface area (Å²) < 4.78 is 23.3. The fourth-order valence-corrected chi connectivity index (χ4v) is 6.09. The third-order valence-corrected chi connectivity index (χ3v) is 9.90. The number of nitrogens with zero attached hydrogens (tertiary/aromatic N) is 1. The van der Waals surface area contributed by atoms with Crippen LogP contribution in [0.15, 0.2) is 60.2 Å². The molecule has 1 saturated heterocycles. The van der Waals surface area contributed by atoms with Gasteiger partial charge in [-0.15, -0.1) is 0 Å². The molecule has 47 heavy (non-hydrogen) atoms. The zero-order valence-corrected chi connectivity index (χ0v) is 29.6. The molecular formula is C38H55NO8. The van der Waals surface area contributed by atoms with Crippen molar-refractivity contribution in [2.45, 2.75) is 119 Å². The molecule has 0 bridgehead atoms. The van der Waals surface area contributed by atoms with Crippen LogP contribution in [0.25, 0.3) is 0 Å². The number of allylic oxidation sites excluding steroid dienone is 3. The van der Waals surface area contributed by atoms with Crippen LogP contribution < -0.4 is 4.74 Å². The van der Waals surface area contributed by atoms with Crippen molar-refractivity contribution in [3.05, 3.63) is 70.3 Å². The van der Waals surface area contributed by atoms with E-state index < -0.39 is 28.7 Å². The topological polar surface area (TPSA) is 118 Å². The van der Waals surface area contributed by atoms with E-state index in [9.17, 15) is 19.7 Å². The van der Waals surface area contributed by atoms with E-state index in [-0.39, 0.29) is 29.2 Å². The van der Waals surface area contributed by atoms with Gasteiger partial charge < -0.3 is 18.9 Å². The van der Waals surface area contributed by atoms with Crippen molar-refractivity contribution in [2.24, 2.45) is 35.0 Å². The van der Waals surface area contributed by atoms with Gasteiger partial charge in [0, 0.05) is 29.9 Å². The summed E-state index contributed by atoms with van der Waals surface area (Å²) in [6, 6.07) is 5.26. The molecule has 9 unspecified atom stereocenters. The van der Waals surface area contributed by atoms with Gasteiger partial charge in [0.1, 0.15) is 18.0 Å². The Morgan fingerprint density at radius 3 is 2.47 bits per heavy atom. The number of epoxide rings is 1. The predicted octanol–water partition coefficient (Wildman–Crippen LogP) is 9.41. The summed E-state index contributed by atoms with van der Waals surface area (Å²) in [4.78, 5) is 36.3. The molecule has 0 spiro atoms. The molecule has 0 radical (unpaired) electrons. The molecule has 2 aliphatic rings. The Morgan fingerprint density at radius 2 is 1.83 bits per heavy atom. The lowest BCUT2D eigenvalue weighted by Crippen LogP contribution is -2.35. The number of non-ortho nitro benzene ring substituents is 1. The Kier molecular flexibility index (Phi) is 13.8. The van der Waals surface area contributed by atoms with E-state index in [1.165, 1.54) is 24.3 Å². The minimum atomic E-state index is -0.898. The first-order valence-electron chi connectivity index (χ1n) is 17.1. The van der Waals surface area contributed by atoms with Crippen molar-refractivity contribution in [1.29, 1.82) is 0 Å². The number of ether oxygens (including phenoxy) is 4. The molecule has 0 aliphatic carbocycles. The van der Waals surface area contributed by atoms with Crippen LogP contribution in [0, 0.1) is 45.1 Å². The Balaban J connectivity index is 1.72. The highest BCUT2D eigenvalue weighted by molar-refractivity contribution is 5.70. The number of hydrogen-bond donors (Lipinski definition) is 0. The number of hydrogen-bond acceptors (Lipinski definition) is 8. The zero-order valence-electron chi connectivity index (χ0n) is 29.6. The first-order chi connectivity index (χ1) is 22.1. The Morgan fingerprint density at radius 1 is 1.15 bits per heavy atom. The fraction of sp³-hybridized carbons (Fsp3) is 0.632. The number of rotatable bonds is 11. The summed E-state index contributed by atoms with van der Waals surface area (Å²) in [5, 5.41) is 11.0. The van der Waals surface area contributed by atoms with E-state index >= 15 is 0 Å². The van der Waals surface area contributed by atoms with Crippen LogP contribution >= 0.6 is 0 Å². The molecule has 1 aromatic rings. The molecule has 1 aromatic carbocycles. The molecule has 9 heteroatoms. The molecule has 9 nitrogen and oxygen atoms in total. The number of nitro groups is 1. The van der Waals surface area contributed by atoms with Crippen LogP contribution in [0.5, 0.6) is 5.75 Å². The van der Waals surface area contributed by atoms with Crippen LogP contribution in [0.2, 0.25) is 0 Å². The summed E-state index contributed by atoms with van der Waals surface area (Å²) in [6.07, 6.45) is 12.6. The van der Waals surface area contributed by atoms with E-state index in [1.54, 1.807) is 0 Å². The van der Waals surface area contributed by atoms with Gasteiger partial charge in [-0.2, -0.15) is 0 Å². The maximum absolute atomic E-state index is 13.0. The average molecular weight is 654 g/mol. The maximum Gasteiger partial charge on any atom is 0.514 e. The van der Waals surface area contributed by atoms with Gasteiger partial charge in [-0.3, -0.25) is 14.9 Å². The summed E-state index contributed by atoms with van der Waals surface area (Å²) in [7, 11) is 0. The number of benzene rings is 1. The maximum atomic E-state index is 13.0. The van der Waals surface area contributed by atoms with Gasteiger partial charge in [0.15, 0.2) is 0 Å². The number of carbonyl (C=O) groups excluding carboxylic acids is 2. The minimum absolute atomic E-state index is 0.0791. The number of esters is 1. The number of carbonyl (C=O) groups is 2. The van der Waals surface area contributed by atoms with Gasteiger partial charge >= 0.3 is 12.1 Å². The van der Waals surface area contributed by atoms with Crippen LogP contribution in [0.1, 0.15) is 94.4 Å². The highest BCUT2D eigenvalue weighted by atomic mass is 16.7. The monoisotopic (exact) mass is 653 g/mol. The quantitative estimate of drug-likeness (QED) is 0.0441. The molecule has 0 N–H and O–H groups in total. The van der Waals surface area contributed by atoms with Crippen molar-refractivity contribution in [3.8, 4) is 5.75 Å². The lowest BCUT2D eigenvalue weighted by atomic mass is 9.78. The molecule has 1 fully saturated rings. The predicted molar refractivity (Wildman–Crippen MR) is 183 cm³/mol. The Labute approximate surface area is 280 Å². The van der Waals surface area contributed by atoms with E-state index in [4.69, 9.17) is 18.9 Å². The van der Waals surface area contributed by atoms with E-state index in [2.05, 4.69) is 33.8 Å². The molecule has 0 aromatic heterocycles. The number of nitro benzene ring substituents is 1. The molecule has 2 heterocycles. The lowest BCUT2D eigenvalue weighted by molar-refractivity contribution is -0.384. The SMILES string of the molecule is CCC(C)C(C)C1OC1CC(C)/C=C/C=C(\C)C1OC(=O)CC(C)CCC(C)(C)C(OC(=O)Oc2ccc([N+](=O)[O-])cc2)/C=C/C1C. The van der Waals surface area contributed by atoms with Crippen LogP contribution in [0.4, 0.5) is 10.5 Å². The Bertz CT molecular complexity index is 1300. The van der Waals surface area contributed by atoms with Gasteiger partial charge in [0.05, 0.1) is 17.1 Å². The largest absolute Gasteiger partial charge is 0.514 e. The van der Waals surface area contributed by atoms with Gasteiger partial charge in [-0.05, 0) is 73.6 Å². The second kappa shape index (κ2) is 17.1.